The molecule has 1 aliphatic rings. The van der Waals surface area contributed by atoms with E-state index in [1.807, 2.05) is 0 Å². The van der Waals surface area contributed by atoms with Gasteiger partial charge in [-0.3, -0.25) is 4.79 Å². The topological polar surface area (TPSA) is 38.3 Å². The zero-order chi connectivity index (χ0) is 13.7. The molecule has 19 heavy (non-hydrogen) atoms. The van der Waals surface area contributed by atoms with Crippen LogP contribution < -0.4 is 5.32 Å². The van der Waals surface area contributed by atoms with Gasteiger partial charge in [-0.05, 0) is 43.9 Å². The quantitative estimate of drug-likeness (QED) is 0.837. The minimum atomic E-state index is -0.156. The molecule has 5 heteroatoms. The van der Waals surface area contributed by atoms with Crippen LogP contribution in [0.4, 0.5) is 0 Å². The number of benzene rings is 1. The number of thiol groups is 1. The van der Waals surface area contributed by atoms with E-state index in [1.165, 1.54) is 6.42 Å². The Bertz CT molecular complexity index is 447. The van der Waals surface area contributed by atoms with Crippen LogP contribution in [-0.4, -0.2) is 25.2 Å². The molecular formula is C14H18ClNO2S. The fourth-order valence-electron chi connectivity index (χ4n) is 2.16. The highest BCUT2D eigenvalue weighted by molar-refractivity contribution is 7.80. The monoisotopic (exact) mass is 299 g/mol. The molecule has 3 nitrogen and oxygen atoms in total. The van der Waals surface area contributed by atoms with Crippen molar-refractivity contribution in [2.24, 2.45) is 0 Å². The van der Waals surface area contributed by atoms with Gasteiger partial charge >= 0.3 is 0 Å². The Morgan fingerprint density at radius 3 is 3.05 bits per heavy atom. The highest BCUT2D eigenvalue weighted by Crippen LogP contribution is 2.19. The van der Waals surface area contributed by atoms with Crippen LogP contribution in [0, 0.1) is 0 Å². The molecule has 1 N–H and O–H groups in total. The molecule has 0 saturated carbocycles. The molecule has 1 aromatic carbocycles. The van der Waals surface area contributed by atoms with Gasteiger partial charge in [-0.1, -0.05) is 11.6 Å². The van der Waals surface area contributed by atoms with Gasteiger partial charge in [0.05, 0.1) is 16.7 Å². The molecule has 1 heterocycles. The average Bonchev–Trinajstić information content (AvgIpc) is 2.42. The average molecular weight is 300 g/mol. The lowest BCUT2D eigenvalue weighted by molar-refractivity contribution is 0.0117. The number of ether oxygens (including phenoxy) is 1. The standard InChI is InChI=1S/C14H18ClNO2S/c15-13-5-4-11(19)9-12(13)14(17)16-7-6-10-3-1-2-8-18-10/h4-5,9-10,19H,1-3,6-8H2,(H,16,17). The van der Waals surface area contributed by atoms with Crippen LogP contribution >= 0.6 is 24.2 Å². The van der Waals surface area contributed by atoms with Crippen molar-refractivity contribution in [2.45, 2.75) is 36.7 Å². The number of hydrogen-bond acceptors (Lipinski definition) is 3. The van der Waals surface area contributed by atoms with E-state index < -0.39 is 0 Å². The molecule has 1 amide bonds. The minimum absolute atomic E-state index is 0.156. The second kappa shape index (κ2) is 7.17. The SMILES string of the molecule is O=C(NCCC1CCCCO1)c1cc(S)ccc1Cl. The van der Waals surface area contributed by atoms with E-state index in [4.69, 9.17) is 16.3 Å². The molecule has 1 aromatic rings. The van der Waals surface area contributed by atoms with E-state index in [-0.39, 0.29) is 12.0 Å². The smallest absolute Gasteiger partial charge is 0.252 e. The second-order valence-corrected chi connectivity index (χ2v) is 5.62. The Balaban J connectivity index is 1.82. The van der Waals surface area contributed by atoms with E-state index in [2.05, 4.69) is 17.9 Å². The summed E-state index contributed by atoms with van der Waals surface area (Å²) in [6.45, 7) is 1.45. The number of halogens is 1. The van der Waals surface area contributed by atoms with Crippen molar-refractivity contribution >= 4 is 30.1 Å². The summed E-state index contributed by atoms with van der Waals surface area (Å²) in [5, 5.41) is 3.33. The molecule has 0 radical (unpaired) electrons. The maximum atomic E-state index is 12.0. The van der Waals surface area contributed by atoms with Gasteiger partial charge in [0.25, 0.3) is 5.91 Å². The second-order valence-electron chi connectivity index (χ2n) is 4.70. The first-order valence-electron chi connectivity index (χ1n) is 6.55. The van der Waals surface area contributed by atoms with E-state index in [0.29, 0.717) is 17.1 Å². The lowest BCUT2D eigenvalue weighted by atomic mass is 10.1. The predicted octanol–water partition coefficient (Wildman–Crippen LogP) is 3.32. The summed E-state index contributed by atoms with van der Waals surface area (Å²) >= 11 is 10.2. The molecule has 104 valence electrons. The number of carbonyl (C=O) groups is 1. The van der Waals surface area contributed by atoms with E-state index in [1.54, 1.807) is 18.2 Å². The predicted molar refractivity (Wildman–Crippen MR) is 79.2 cm³/mol. The van der Waals surface area contributed by atoms with Crippen molar-refractivity contribution in [2.75, 3.05) is 13.2 Å². The highest BCUT2D eigenvalue weighted by atomic mass is 35.5. The van der Waals surface area contributed by atoms with E-state index >= 15 is 0 Å². The van der Waals surface area contributed by atoms with Crippen LogP contribution in [0.1, 0.15) is 36.0 Å². The maximum Gasteiger partial charge on any atom is 0.252 e. The summed E-state index contributed by atoms with van der Waals surface area (Å²) in [4.78, 5) is 12.7. The fraction of sp³-hybridized carbons (Fsp3) is 0.500. The van der Waals surface area contributed by atoms with Crippen LogP contribution in [0.15, 0.2) is 23.1 Å². The zero-order valence-electron chi connectivity index (χ0n) is 10.7. The zero-order valence-corrected chi connectivity index (χ0v) is 12.3. The molecule has 1 fully saturated rings. The fourth-order valence-corrected chi connectivity index (χ4v) is 2.57. The lowest BCUT2D eigenvalue weighted by Crippen LogP contribution is -2.29. The van der Waals surface area contributed by atoms with Crippen molar-refractivity contribution in [3.05, 3.63) is 28.8 Å². The maximum absolute atomic E-state index is 12.0. The summed E-state index contributed by atoms with van der Waals surface area (Å²) in [6, 6.07) is 5.12. The normalized spacial score (nSPS) is 19.2. The van der Waals surface area contributed by atoms with Crippen molar-refractivity contribution in [3.8, 4) is 0 Å². The molecule has 0 bridgehead atoms. The first-order valence-corrected chi connectivity index (χ1v) is 7.37. The summed E-state index contributed by atoms with van der Waals surface area (Å²) in [6.07, 6.45) is 4.58. The van der Waals surface area contributed by atoms with Crippen molar-refractivity contribution in [1.29, 1.82) is 0 Å². The molecule has 0 spiro atoms. The Hall–Kier alpha value is -0.710. The first-order chi connectivity index (χ1) is 9.16. The molecule has 1 atom stereocenters. The van der Waals surface area contributed by atoms with Crippen LogP contribution in [0.3, 0.4) is 0 Å². The van der Waals surface area contributed by atoms with Crippen molar-refractivity contribution < 1.29 is 9.53 Å². The van der Waals surface area contributed by atoms with Gasteiger partial charge in [-0.25, -0.2) is 0 Å². The van der Waals surface area contributed by atoms with E-state index in [9.17, 15) is 4.79 Å². The Kier molecular flexibility index (Phi) is 5.55. The molecule has 0 aliphatic carbocycles. The van der Waals surface area contributed by atoms with E-state index in [0.717, 1.165) is 30.8 Å². The van der Waals surface area contributed by atoms with Gasteiger partial charge in [0, 0.05) is 18.0 Å². The Labute approximate surface area is 124 Å². The van der Waals surface area contributed by atoms with Gasteiger partial charge in [0.15, 0.2) is 0 Å². The molecule has 0 aromatic heterocycles. The van der Waals surface area contributed by atoms with Crippen LogP contribution in [0.25, 0.3) is 0 Å². The number of hydrogen-bond donors (Lipinski definition) is 2. The number of amides is 1. The summed E-state index contributed by atoms with van der Waals surface area (Å²) < 4.78 is 5.62. The van der Waals surface area contributed by atoms with Crippen LogP contribution in [-0.2, 0) is 4.74 Å². The van der Waals surface area contributed by atoms with Gasteiger partial charge in [-0.2, -0.15) is 0 Å². The van der Waals surface area contributed by atoms with Gasteiger partial charge < -0.3 is 10.1 Å². The minimum Gasteiger partial charge on any atom is -0.378 e. The summed E-state index contributed by atoms with van der Waals surface area (Å²) in [5.41, 5.74) is 0.471. The van der Waals surface area contributed by atoms with Gasteiger partial charge in [0.2, 0.25) is 0 Å². The third-order valence-electron chi connectivity index (χ3n) is 3.22. The van der Waals surface area contributed by atoms with Gasteiger partial charge in [-0.15, -0.1) is 12.6 Å². The molecule has 2 rings (SSSR count). The third-order valence-corrected chi connectivity index (χ3v) is 3.83. The third kappa shape index (κ3) is 4.41. The number of nitrogens with one attached hydrogen (secondary N) is 1. The molecular weight excluding hydrogens is 282 g/mol. The Morgan fingerprint density at radius 2 is 2.32 bits per heavy atom. The molecule has 1 saturated heterocycles. The molecule has 1 aliphatic heterocycles. The van der Waals surface area contributed by atoms with Crippen LogP contribution in [0.5, 0.6) is 0 Å². The van der Waals surface area contributed by atoms with Crippen molar-refractivity contribution in [3.63, 3.8) is 0 Å². The van der Waals surface area contributed by atoms with Crippen molar-refractivity contribution in [1.82, 2.24) is 5.32 Å². The van der Waals surface area contributed by atoms with Crippen LogP contribution in [0.2, 0.25) is 5.02 Å². The number of carbonyl (C=O) groups excluding carboxylic acids is 1. The first kappa shape index (κ1) is 14.7. The highest BCUT2D eigenvalue weighted by Gasteiger charge is 2.15. The Morgan fingerprint density at radius 1 is 1.47 bits per heavy atom. The lowest BCUT2D eigenvalue weighted by Gasteiger charge is -2.22. The largest absolute Gasteiger partial charge is 0.378 e. The summed E-state index contributed by atoms with van der Waals surface area (Å²) in [5.74, 6) is -0.156. The molecule has 1 unspecified atom stereocenters. The summed E-state index contributed by atoms with van der Waals surface area (Å²) in [7, 11) is 0. The number of rotatable bonds is 4. The van der Waals surface area contributed by atoms with Gasteiger partial charge in [0.1, 0.15) is 0 Å².